The lowest BCUT2D eigenvalue weighted by Crippen LogP contribution is -2.57. The second kappa shape index (κ2) is 6.43. The van der Waals surface area contributed by atoms with E-state index >= 15 is 0 Å². The number of halogens is 3. The van der Waals surface area contributed by atoms with Crippen LogP contribution in [-0.2, 0) is 10.9 Å². The molecule has 0 saturated carbocycles. The lowest BCUT2D eigenvalue weighted by molar-refractivity contribution is -0.137. The van der Waals surface area contributed by atoms with Crippen molar-refractivity contribution in [2.45, 2.75) is 32.5 Å². The minimum Gasteiger partial charge on any atom is -0.444 e. The third kappa shape index (κ3) is 4.75. The summed E-state index contributed by atoms with van der Waals surface area (Å²) in [7, 11) is 0. The highest BCUT2D eigenvalue weighted by Crippen LogP contribution is 2.34. The quantitative estimate of drug-likeness (QED) is 0.789. The zero-order valence-electron chi connectivity index (χ0n) is 14.2. The lowest BCUT2D eigenvalue weighted by Gasteiger charge is -2.43. The molecule has 25 heavy (non-hydrogen) atoms. The van der Waals surface area contributed by atoms with Gasteiger partial charge in [0.05, 0.1) is 11.6 Å². The monoisotopic (exact) mass is 352 g/mol. The lowest BCUT2D eigenvalue weighted by atomic mass is 9.81. The van der Waals surface area contributed by atoms with Gasteiger partial charge in [-0.3, -0.25) is 0 Å². The fraction of sp³-hybridized carbons (Fsp3) is 0.444. The Morgan fingerprint density at radius 2 is 1.80 bits per heavy atom. The van der Waals surface area contributed by atoms with Crippen molar-refractivity contribution in [3.63, 3.8) is 0 Å². The van der Waals surface area contributed by atoms with Gasteiger partial charge in [0.2, 0.25) is 0 Å². The van der Waals surface area contributed by atoms with Gasteiger partial charge in [-0.15, -0.1) is 0 Å². The van der Waals surface area contributed by atoms with Gasteiger partial charge in [0.1, 0.15) is 11.0 Å². The predicted molar refractivity (Wildman–Crippen MR) is 86.3 cm³/mol. The molecule has 134 valence electrons. The van der Waals surface area contributed by atoms with E-state index in [-0.39, 0.29) is 13.1 Å². The van der Waals surface area contributed by atoms with Crippen LogP contribution in [0.15, 0.2) is 30.3 Å². The first-order chi connectivity index (χ1) is 11.4. The van der Waals surface area contributed by atoms with Crippen molar-refractivity contribution in [2.75, 3.05) is 13.1 Å². The van der Waals surface area contributed by atoms with Gasteiger partial charge in [-0.05, 0) is 38.5 Å². The molecular weight excluding hydrogens is 333 g/mol. The molecule has 0 atom stereocenters. The summed E-state index contributed by atoms with van der Waals surface area (Å²) in [6.45, 7) is 5.65. The molecule has 1 saturated heterocycles. The third-order valence-electron chi connectivity index (χ3n) is 3.65. The Hall–Kier alpha value is -2.49. The molecule has 0 aromatic heterocycles. The summed E-state index contributed by atoms with van der Waals surface area (Å²) in [5.74, 6) is 0. The molecule has 0 N–H and O–H groups in total. The average molecular weight is 352 g/mol. The van der Waals surface area contributed by atoms with Crippen LogP contribution in [0.1, 0.15) is 31.9 Å². The summed E-state index contributed by atoms with van der Waals surface area (Å²) in [4.78, 5) is 13.3. The Labute approximate surface area is 144 Å². The molecule has 1 fully saturated rings. The summed E-state index contributed by atoms with van der Waals surface area (Å²) in [5, 5.41) is 9.37. The fourth-order valence-electron chi connectivity index (χ4n) is 2.34. The van der Waals surface area contributed by atoms with E-state index in [1.807, 2.05) is 0 Å². The van der Waals surface area contributed by atoms with Gasteiger partial charge in [-0.1, -0.05) is 24.3 Å². The number of carbonyl (C=O) groups excluding carboxylic acids is 1. The number of hydrogen-bond acceptors (Lipinski definition) is 3. The molecule has 0 spiro atoms. The predicted octanol–water partition coefficient (Wildman–Crippen LogP) is 4.48. The van der Waals surface area contributed by atoms with Crippen molar-refractivity contribution in [2.24, 2.45) is 5.41 Å². The summed E-state index contributed by atoms with van der Waals surface area (Å²) >= 11 is 0. The van der Waals surface area contributed by atoms with Crippen molar-refractivity contribution in [1.29, 1.82) is 5.26 Å². The van der Waals surface area contributed by atoms with Crippen LogP contribution < -0.4 is 0 Å². The van der Waals surface area contributed by atoms with Crippen LogP contribution in [0, 0.1) is 16.7 Å². The smallest absolute Gasteiger partial charge is 0.416 e. The number of benzene rings is 1. The van der Waals surface area contributed by atoms with E-state index in [0.717, 1.165) is 12.1 Å². The van der Waals surface area contributed by atoms with Crippen molar-refractivity contribution >= 4 is 12.2 Å². The second-order valence-electron chi connectivity index (χ2n) is 7.06. The zero-order chi connectivity index (χ0) is 18.9. The topological polar surface area (TPSA) is 53.3 Å². The summed E-state index contributed by atoms with van der Waals surface area (Å²) in [5.41, 5.74) is -1.63. The minimum absolute atomic E-state index is 0.190. The second-order valence-corrected chi connectivity index (χ2v) is 7.06. The van der Waals surface area contributed by atoms with E-state index in [1.54, 1.807) is 32.9 Å². The Kier molecular flexibility index (Phi) is 4.85. The third-order valence-corrected chi connectivity index (χ3v) is 3.65. The first kappa shape index (κ1) is 18.8. The molecule has 1 amide bonds. The van der Waals surface area contributed by atoms with Gasteiger partial charge in [-0.25, -0.2) is 4.79 Å². The number of likely N-dealkylation sites (tertiary alicyclic amines) is 1. The molecule has 0 aliphatic carbocycles. The van der Waals surface area contributed by atoms with Crippen LogP contribution in [0.4, 0.5) is 18.0 Å². The maximum Gasteiger partial charge on any atom is 0.416 e. The Morgan fingerprint density at radius 3 is 2.24 bits per heavy atom. The molecule has 0 radical (unpaired) electrons. The van der Waals surface area contributed by atoms with Gasteiger partial charge in [-0.2, -0.15) is 18.4 Å². The number of hydrogen-bond donors (Lipinski definition) is 0. The van der Waals surface area contributed by atoms with Crippen molar-refractivity contribution in [1.82, 2.24) is 4.90 Å². The number of nitrogens with zero attached hydrogens (tertiary/aromatic N) is 2. The van der Waals surface area contributed by atoms with Crippen LogP contribution in [0.5, 0.6) is 0 Å². The molecule has 2 rings (SSSR count). The molecule has 0 bridgehead atoms. The molecule has 0 unspecified atom stereocenters. The molecule has 1 aliphatic rings. The van der Waals surface area contributed by atoms with E-state index in [9.17, 15) is 23.2 Å². The van der Waals surface area contributed by atoms with Crippen LogP contribution in [-0.4, -0.2) is 29.7 Å². The Bertz CT molecular complexity index is 704. The highest BCUT2D eigenvalue weighted by atomic mass is 19.4. The largest absolute Gasteiger partial charge is 0.444 e. The zero-order valence-corrected chi connectivity index (χ0v) is 14.2. The fourth-order valence-corrected chi connectivity index (χ4v) is 2.34. The van der Waals surface area contributed by atoms with E-state index in [0.29, 0.717) is 5.56 Å². The van der Waals surface area contributed by atoms with Crippen LogP contribution in [0.25, 0.3) is 6.08 Å². The number of ether oxygens (including phenoxy) is 1. The molecule has 1 aliphatic heterocycles. The summed E-state index contributed by atoms with van der Waals surface area (Å²) < 4.78 is 42.9. The van der Waals surface area contributed by atoms with Crippen LogP contribution in [0.2, 0.25) is 0 Å². The first-order valence-electron chi connectivity index (χ1n) is 7.70. The number of nitriles is 1. The number of carbonyl (C=O) groups is 1. The van der Waals surface area contributed by atoms with Gasteiger partial charge in [0, 0.05) is 13.1 Å². The van der Waals surface area contributed by atoms with Crippen LogP contribution in [0.3, 0.4) is 0 Å². The highest BCUT2D eigenvalue weighted by Gasteiger charge is 2.45. The highest BCUT2D eigenvalue weighted by molar-refractivity contribution is 5.70. The number of rotatable bonds is 2. The maximum atomic E-state index is 12.5. The Balaban J connectivity index is 2.01. The van der Waals surface area contributed by atoms with Gasteiger partial charge in [0.25, 0.3) is 0 Å². The molecule has 1 aromatic rings. The number of alkyl halides is 3. The van der Waals surface area contributed by atoms with E-state index in [1.165, 1.54) is 17.0 Å². The minimum atomic E-state index is -4.38. The first-order valence-corrected chi connectivity index (χ1v) is 7.70. The SMILES string of the molecule is CC(C)(C)OC(=O)N1CC(C#N)(/C=C/c2ccc(C(F)(F)F)cc2)C1. The van der Waals surface area contributed by atoms with Crippen molar-refractivity contribution in [3.05, 3.63) is 41.5 Å². The Morgan fingerprint density at radius 1 is 1.24 bits per heavy atom. The van der Waals surface area contributed by atoms with Gasteiger partial charge in [0.15, 0.2) is 0 Å². The molecule has 1 aromatic carbocycles. The standard InChI is InChI=1S/C18H19F3N2O2/c1-16(2,3)25-15(24)23-11-17(10-22,12-23)9-8-13-4-6-14(7-5-13)18(19,20)21/h4-9H,11-12H2,1-3H3/b9-8+. The van der Waals surface area contributed by atoms with E-state index in [2.05, 4.69) is 6.07 Å². The molecule has 4 nitrogen and oxygen atoms in total. The summed E-state index contributed by atoms with van der Waals surface area (Å²) in [6, 6.07) is 6.82. The average Bonchev–Trinajstić information content (AvgIpc) is 2.44. The number of amides is 1. The molecular formula is C18H19F3N2O2. The van der Waals surface area contributed by atoms with Gasteiger partial charge < -0.3 is 9.64 Å². The van der Waals surface area contributed by atoms with Crippen molar-refractivity contribution < 1.29 is 22.7 Å². The maximum absolute atomic E-state index is 12.5. The van der Waals surface area contributed by atoms with Crippen LogP contribution >= 0.6 is 0 Å². The van der Waals surface area contributed by atoms with E-state index < -0.39 is 28.8 Å². The molecule has 1 heterocycles. The normalized spacial score (nSPS) is 17.1. The van der Waals surface area contributed by atoms with Crippen molar-refractivity contribution in [3.8, 4) is 6.07 Å². The summed E-state index contributed by atoms with van der Waals surface area (Å²) in [6.07, 6.45) is -1.65. The van der Waals surface area contributed by atoms with Gasteiger partial charge >= 0.3 is 12.3 Å². The van der Waals surface area contributed by atoms with E-state index in [4.69, 9.17) is 4.74 Å². The molecule has 7 heteroatoms.